The predicted molar refractivity (Wildman–Crippen MR) is 81.3 cm³/mol. The molecule has 1 aromatic carbocycles. The summed E-state index contributed by atoms with van der Waals surface area (Å²) >= 11 is 2.01. The summed E-state index contributed by atoms with van der Waals surface area (Å²) in [6, 6.07) is 6.17. The summed E-state index contributed by atoms with van der Waals surface area (Å²) in [4.78, 5) is 0.117. The van der Waals surface area contributed by atoms with Gasteiger partial charge in [-0.05, 0) is 49.3 Å². The molecule has 19 heavy (non-hydrogen) atoms. The molecule has 0 saturated carbocycles. The van der Waals surface area contributed by atoms with E-state index in [9.17, 15) is 0 Å². The van der Waals surface area contributed by atoms with Crippen molar-refractivity contribution < 1.29 is 9.47 Å². The Bertz CT molecular complexity index is 428. The van der Waals surface area contributed by atoms with E-state index in [4.69, 9.17) is 9.47 Å². The van der Waals surface area contributed by atoms with Crippen LogP contribution in [0.4, 0.5) is 0 Å². The van der Waals surface area contributed by atoms with Gasteiger partial charge in [0.1, 0.15) is 0 Å². The Morgan fingerprint density at radius 1 is 1.32 bits per heavy atom. The van der Waals surface area contributed by atoms with E-state index in [0.717, 1.165) is 30.4 Å². The lowest BCUT2D eigenvalue weighted by Crippen LogP contribution is -2.48. The Hall–Kier alpha value is -0.870. The highest BCUT2D eigenvalue weighted by atomic mass is 32.2. The second-order valence-corrected chi connectivity index (χ2v) is 6.92. The van der Waals surface area contributed by atoms with Crippen molar-refractivity contribution in [3.05, 3.63) is 23.8 Å². The molecule has 4 heteroatoms. The van der Waals surface area contributed by atoms with Crippen LogP contribution in [0.15, 0.2) is 18.2 Å². The minimum Gasteiger partial charge on any atom is -0.493 e. The van der Waals surface area contributed by atoms with E-state index >= 15 is 0 Å². The molecule has 1 saturated heterocycles. The first kappa shape index (κ1) is 14.5. The third-order valence-electron chi connectivity index (χ3n) is 3.50. The Balaban J connectivity index is 2.10. The number of hydrogen-bond donors (Lipinski definition) is 1. The smallest absolute Gasteiger partial charge is 0.160 e. The molecule has 1 N–H and O–H groups in total. The molecule has 3 nitrogen and oxygen atoms in total. The molecule has 0 aromatic heterocycles. The summed E-state index contributed by atoms with van der Waals surface area (Å²) in [5, 5.41) is 3.65. The van der Waals surface area contributed by atoms with E-state index in [0.29, 0.717) is 0 Å². The molecule has 0 aliphatic carbocycles. The Morgan fingerprint density at radius 3 is 2.63 bits per heavy atom. The molecule has 106 valence electrons. The zero-order valence-electron chi connectivity index (χ0n) is 12.2. The van der Waals surface area contributed by atoms with Crippen molar-refractivity contribution >= 4 is 11.8 Å². The van der Waals surface area contributed by atoms with Crippen LogP contribution in [0.3, 0.4) is 0 Å². The third-order valence-corrected chi connectivity index (χ3v) is 5.16. The molecule has 0 amide bonds. The zero-order valence-corrected chi connectivity index (χ0v) is 13.0. The minimum absolute atomic E-state index is 0.117. The number of benzene rings is 1. The zero-order chi connectivity index (χ0) is 13.9. The van der Waals surface area contributed by atoms with Gasteiger partial charge in [0.05, 0.1) is 19.1 Å². The monoisotopic (exact) mass is 281 g/mol. The van der Waals surface area contributed by atoms with Gasteiger partial charge in [-0.15, -0.1) is 11.8 Å². The largest absolute Gasteiger partial charge is 0.493 e. The van der Waals surface area contributed by atoms with Gasteiger partial charge in [-0.25, -0.2) is 0 Å². The summed E-state index contributed by atoms with van der Waals surface area (Å²) < 4.78 is 10.6. The third kappa shape index (κ3) is 3.57. The van der Waals surface area contributed by atoms with Gasteiger partial charge in [-0.1, -0.05) is 13.0 Å². The van der Waals surface area contributed by atoms with Crippen LogP contribution in [-0.4, -0.2) is 31.4 Å². The maximum Gasteiger partial charge on any atom is 0.160 e. The van der Waals surface area contributed by atoms with Gasteiger partial charge in [0.25, 0.3) is 0 Å². The number of rotatable bonds is 4. The van der Waals surface area contributed by atoms with Gasteiger partial charge in [-0.2, -0.15) is 0 Å². The van der Waals surface area contributed by atoms with Gasteiger partial charge >= 0.3 is 0 Å². The van der Waals surface area contributed by atoms with E-state index in [-0.39, 0.29) is 4.87 Å². The van der Waals surface area contributed by atoms with Crippen molar-refractivity contribution in [2.75, 3.05) is 26.5 Å². The fourth-order valence-electron chi connectivity index (χ4n) is 2.32. The lowest BCUT2D eigenvalue weighted by molar-refractivity contribution is 0.354. The van der Waals surface area contributed by atoms with Crippen molar-refractivity contribution in [2.24, 2.45) is 5.92 Å². The van der Waals surface area contributed by atoms with Crippen molar-refractivity contribution in [2.45, 2.75) is 25.1 Å². The summed E-state index contributed by atoms with van der Waals surface area (Å²) in [5.41, 5.74) is 1.27. The molecule has 1 aromatic rings. The standard InChI is InChI=1S/C15H23NO2S/c1-11-9-16-15(2,19-10-11)8-12-5-6-13(17-3)14(7-12)18-4/h5-7,11,16H,8-10H2,1-4H3. The summed E-state index contributed by atoms with van der Waals surface area (Å²) in [6.45, 7) is 5.66. The molecule has 1 heterocycles. The number of nitrogens with one attached hydrogen (secondary N) is 1. The summed E-state index contributed by atoms with van der Waals surface area (Å²) in [6.07, 6.45) is 0.991. The first-order chi connectivity index (χ1) is 9.06. The second-order valence-electron chi connectivity index (χ2n) is 5.39. The van der Waals surface area contributed by atoms with Crippen LogP contribution in [0.25, 0.3) is 0 Å². The number of hydrogen-bond acceptors (Lipinski definition) is 4. The van der Waals surface area contributed by atoms with Crippen LogP contribution in [0, 0.1) is 5.92 Å². The molecular formula is C15H23NO2S. The molecule has 0 radical (unpaired) electrons. The quantitative estimate of drug-likeness (QED) is 0.919. The van der Waals surface area contributed by atoms with Crippen molar-refractivity contribution in [3.8, 4) is 11.5 Å². The van der Waals surface area contributed by atoms with Crippen LogP contribution in [0.2, 0.25) is 0 Å². The van der Waals surface area contributed by atoms with E-state index in [1.807, 2.05) is 17.8 Å². The van der Waals surface area contributed by atoms with E-state index in [1.54, 1.807) is 14.2 Å². The number of thioether (sulfide) groups is 1. The molecular weight excluding hydrogens is 258 g/mol. The van der Waals surface area contributed by atoms with E-state index in [1.165, 1.54) is 11.3 Å². The van der Waals surface area contributed by atoms with Gasteiger partial charge in [0, 0.05) is 0 Å². The maximum absolute atomic E-state index is 5.36. The van der Waals surface area contributed by atoms with Gasteiger partial charge in [-0.3, -0.25) is 0 Å². The first-order valence-corrected chi connectivity index (χ1v) is 7.65. The minimum atomic E-state index is 0.117. The second kappa shape index (κ2) is 6.06. The van der Waals surface area contributed by atoms with Crippen LogP contribution < -0.4 is 14.8 Å². The first-order valence-electron chi connectivity index (χ1n) is 6.66. The predicted octanol–water partition coefficient (Wildman–Crippen LogP) is 2.94. The molecule has 0 spiro atoms. The SMILES string of the molecule is COc1ccc(CC2(C)NCC(C)CS2)cc1OC. The molecule has 1 aliphatic rings. The highest BCUT2D eigenvalue weighted by Gasteiger charge is 2.30. The summed E-state index contributed by atoms with van der Waals surface area (Å²) in [7, 11) is 3.34. The highest BCUT2D eigenvalue weighted by Crippen LogP contribution is 2.34. The van der Waals surface area contributed by atoms with Gasteiger partial charge in [0.15, 0.2) is 11.5 Å². The van der Waals surface area contributed by atoms with Crippen molar-refractivity contribution in [1.82, 2.24) is 5.32 Å². The molecule has 1 aliphatic heterocycles. The topological polar surface area (TPSA) is 30.5 Å². The fraction of sp³-hybridized carbons (Fsp3) is 0.600. The average Bonchev–Trinajstić information content (AvgIpc) is 2.42. The van der Waals surface area contributed by atoms with Gasteiger partial charge in [0.2, 0.25) is 0 Å². The van der Waals surface area contributed by atoms with E-state index in [2.05, 4.69) is 31.3 Å². The molecule has 2 rings (SSSR count). The lowest BCUT2D eigenvalue weighted by Gasteiger charge is -2.37. The highest BCUT2D eigenvalue weighted by molar-refractivity contribution is 8.00. The maximum atomic E-state index is 5.36. The van der Waals surface area contributed by atoms with Crippen LogP contribution in [0.5, 0.6) is 11.5 Å². The van der Waals surface area contributed by atoms with Crippen molar-refractivity contribution in [3.63, 3.8) is 0 Å². The molecule has 0 bridgehead atoms. The molecule has 2 atom stereocenters. The van der Waals surface area contributed by atoms with Crippen molar-refractivity contribution in [1.29, 1.82) is 0 Å². The lowest BCUT2D eigenvalue weighted by atomic mass is 10.0. The van der Waals surface area contributed by atoms with Crippen LogP contribution >= 0.6 is 11.8 Å². The number of methoxy groups -OCH3 is 2. The fourth-order valence-corrected chi connectivity index (χ4v) is 3.54. The molecule has 1 fully saturated rings. The Kier molecular flexibility index (Phi) is 4.63. The van der Waals surface area contributed by atoms with E-state index < -0.39 is 0 Å². The average molecular weight is 281 g/mol. The normalized spacial score (nSPS) is 27.1. The Morgan fingerprint density at radius 2 is 2.05 bits per heavy atom. The Labute approximate surface area is 120 Å². The summed E-state index contributed by atoms with van der Waals surface area (Å²) in [5.74, 6) is 3.56. The van der Waals surface area contributed by atoms with Crippen LogP contribution in [-0.2, 0) is 6.42 Å². The molecule has 2 unspecified atom stereocenters. The van der Waals surface area contributed by atoms with Gasteiger partial charge < -0.3 is 14.8 Å². The number of ether oxygens (including phenoxy) is 2. The van der Waals surface area contributed by atoms with Crippen LogP contribution in [0.1, 0.15) is 19.4 Å².